The molecule has 0 fully saturated rings. The smallest absolute Gasteiger partial charge is 0.0279 e. The third kappa shape index (κ3) is 7.00. The van der Waals surface area contributed by atoms with E-state index in [-0.39, 0.29) is 0 Å². The highest BCUT2D eigenvalue weighted by Gasteiger charge is 2.07. The van der Waals surface area contributed by atoms with Crippen LogP contribution in [0.5, 0.6) is 0 Å². The van der Waals surface area contributed by atoms with E-state index in [2.05, 4.69) is 36.4 Å². The minimum Gasteiger partial charge on any atom is -0.0558 e. The molecule has 0 amide bonds. The Labute approximate surface area is 185 Å². The van der Waals surface area contributed by atoms with E-state index in [1.807, 2.05) is 0 Å². The molecule has 2 aromatic carbocycles. The molecule has 5 rings (SSSR count). The van der Waals surface area contributed by atoms with Crippen molar-refractivity contribution in [1.29, 1.82) is 0 Å². The minimum atomic E-state index is 1.28. The first-order valence-electron chi connectivity index (χ1n) is 13.1. The number of hydrogen-bond acceptors (Lipinski definition) is 0. The molecular weight excluding hydrogens is 360 g/mol. The summed E-state index contributed by atoms with van der Waals surface area (Å²) in [7, 11) is 0. The summed E-state index contributed by atoms with van der Waals surface area (Å²) in [6, 6.07) is 15.2. The molecule has 0 N–H and O–H groups in total. The predicted molar refractivity (Wildman–Crippen MR) is 131 cm³/mol. The van der Waals surface area contributed by atoms with Gasteiger partial charge in [-0.05, 0) is 110 Å². The van der Waals surface area contributed by atoms with Crippen LogP contribution in [-0.2, 0) is 38.5 Å². The molecule has 162 valence electrons. The van der Waals surface area contributed by atoms with Gasteiger partial charge in [-0.25, -0.2) is 0 Å². The molecule has 0 heteroatoms. The highest BCUT2D eigenvalue weighted by molar-refractivity contribution is 5.32. The van der Waals surface area contributed by atoms with Crippen molar-refractivity contribution in [3.8, 4) is 0 Å². The minimum absolute atomic E-state index is 1.28. The Kier molecular flexibility index (Phi) is 8.47. The molecule has 0 radical (unpaired) electrons. The lowest BCUT2D eigenvalue weighted by Crippen LogP contribution is -1.99. The van der Waals surface area contributed by atoms with E-state index < -0.39 is 0 Å². The molecular formula is C30H42. The maximum atomic E-state index is 2.54. The van der Waals surface area contributed by atoms with Gasteiger partial charge in [0.15, 0.2) is 0 Å². The Morgan fingerprint density at radius 3 is 0.567 bits per heavy atom. The molecule has 0 saturated carbocycles. The van der Waals surface area contributed by atoms with Gasteiger partial charge in [-0.15, -0.1) is 0 Å². The molecule has 0 aliphatic heterocycles. The van der Waals surface area contributed by atoms with Crippen LogP contribution < -0.4 is 0 Å². The fourth-order valence-corrected chi connectivity index (χ4v) is 5.58. The zero-order valence-corrected chi connectivity index (χ0v) is 19.2. The summed E-state index contributed by atoms with van der Waals surface area (Å²) in [6.07, 6.45) is 24.1. The molecule has 0 nitrogen and oxygen atoms in total. The number of hydrogen-bond donors (Lipinski definition) is 0. The van der Waals surface area contributed by atoms with Crippen molar-refractivity contribution < 1.29 is 0 Å². The van der Waals surface area contributed by atoms with Gasteiger partial charge in [-0.3, -0.25) is 0 Å². The standard InChI is InChI=1S/C30H42/c1-2-8-14-26-21-29-17-11-5-3-9-15-27-19-25(13-7-1)20-28(23-27)16-10-4-6-12-18-30(22-26)24-29/h19-24H,1-18H2. The molecule has 6 bridgehead atoms. The first-order valence-corrected chi connectivity index (χ1v) is 13.1. The molecule has 0 heterocycles. The fourth-order valence-electron chi connectivity index (χ4n) is 5.58. The van der Waals surface area contributed by atoms with Crippen LogP contribution in [-0.4, -0.2) is 0 Å². The lowest BCUT2D eigenvalue weighted by molar-refractivity contribution is 0.623. The highest BCUT2D eigenvalue weighted by atomic mass is 14.1. The Bertz CT molecular complexity index is 588. The van der Waals surface area contributed by atoms with Gasteiger partial charge in [0.25, 0.3) is 0 Å². The van der Waals surface area contributed by atoms with Gasteiger partial charge in [0.1, 0.15) is 0 Å². The average molecular weight is 403 g/mol. The van der Waals surface area contributed by atoms with E-state index in [9.17, 15) is 0 Å². The third-order valence-electron chi connectivity index (χ3n) is 7.27. The van der Waals surface area contributed by atoms with E-state index in [0.29, 0.717) is 0 Å². The van der Waals surface area contributed by atoms with Crippen molar-refractivity contribution in [2.75, 3.05) is 0 Å². The van der Waals surface area contributed by atoms with Gasteiger partial charge in [-0.1, -0.05) is 74.9 Å². The van der Waals surface area contributed by atoms with Crippen LogP contribution in [0.15, 0.2) is 36.4 Å². The Morgan fingerprint density at radius 1 is 0.233 bits per heavy atom. The van der Waals surface area contributed by atoms with E-state index in [0.717, 1.165) is 0 Å². The van der Waals surface area contributed by atoms with Crippen molar-refractivity contribution in [1.82, 2.24) is 0 Å². The van der Waals surface area contributed by atoms with Gasteiger partial charge in [0.2, 0.25) is 0 Å². The average Bonchev–Trinajstić information content (AvgIpc) is 2.74. The molecule has 3 aliphatic rings. The zero-order chi connectivity index (χ0) is 20.4. The normalized spacial score (nSPS) is 19.6. The Hall–Kier alpha value is -1.56. The van der Waals surface area contributed by atoms with E-state index in [1.54, 1.807) is 33.4 Å². The summed E-state index contributed by atoms with van der Waals surface area (Å²) in [5, 5.41) is 0. The maximum absolute atomic E-state index is 2.54. The van der Waals surface area contributed by atoms with Crippen LogP contribution in [0.4, 0.5) is 0 Å². The zero-order valence-electron chi connectivity index (χ0n) is 19.2. The van der Waals surface area contributed by atoms with Crippen molar-refractivity contribution in [3.63, 3.8) is 0 Å². The first-order chi connectivity index (χ1) is 14.8. The topological polar surface area (TPSA) is 0 Å². The summed E-state index contributed by atoms with van der Waals surface area (Å²) < 4.78 is 0. The SMILES string of the molecule is c1c2cc3cc1CCCCCCc1cc(cc(c1)CCCCCC3)CCCCCC2. The van der Waals surface area contributed by atoms with E-state index >= 15 is 0 Å². The first kappa shape index (κ1) is 21.7. The second-order valence-electron chi connectivity index (χ2n) is 10.1. The summed E-state index contributed by atoms with van der Waals surface area (Å²) in [5.74, 6) is 0. The second kappa shape index (κ2) is 11.7. The van der Waals surface area contributed by atoms with Crippen molar-refractivity contribution in [3.05, 3.63) is 69.8 Å². The Balaban J connectivity index is 1.57. The quantitative estimate of drug-likeness (QED) is 0.415. The van der Waals surface area contributed by atoms with Crippen molar-refractivity contribution in [2.24, 2.45) is 0 Å². The molecule has 30 heavy (non-hydrogen) atoms. The molecule has 0 saturated heterocycles. The van der Waals surface area contributed by atoms with Crippen LogP contribution in [0.2, 0.25) is 0 Å². The van der Waals surface area contributed by atoms with E-state index in [4.69, 9.17) is 0 Å². The lowest BCUT2D eigenvalue weighted by Gasteiger charge is -2.13. The second-order valence-corrected chi connectivity index (χ2v) is 10.1. The van der Waals surface area contributed by atoms with Crippen LogP contribution in [0.25, 0.3) is 0 Å². The molecule has 0 atom stereocenters. The Morgan fingerprint density at radius 2 is 0.400 bits per heavy atom. The number of rotatable bonds is 0. The molecule has 0 spiro atoms. The number of fused-ring (bicyclic) bond motifs is 15. The van der Waals surface area contributed by atoms with E-state index in [1.165, 1.54) is 116 Å². The number of benzene rings is 2. The summed E-state index contributed by atoms with van der Waals surface area (Å²) >= 11 is 0. The molecule has 3 aliphatic carbocycles. The van der Waals surface area contributed by atoms with Crippen LogP contribution in [0.1, 0.15) is 110 Å². The monoisotopic (exact) mass is 402 g/mol. The van der Waals surface area contributed by atoms with Crippen LogP contribution in [0.3, 0.4) is 0 Å². The maximum Gasteiger partial charge on any atom is -0.0279 e. The van der Waals surface area contributed by atoms with Gasteiger partial charge in [0.05, 0.1) is 0 Å². The molecule has 0 unspecified atom stereocenters. The predicted octanol–water partition coefficient (Wildman–Crippen LogP) is 8.35. The van der Waals surface area contributed by atoms with Crippen LogP contribution >= 0.6 is 0 Å². The van der Waals surface area contributed by atoms with Gasteiger partial charge < -0.3 is 0 Å². The number of aryl methyl sites for hydroxylation is 6. The van der Waals surface area contributed by atoms with Gasteiger partial charge in [-0.2, -0.15) is 0 Å². The largest absolute Gasteiger partial charge is 0.0558 e. The molecule has 0 aromatic heterocycles. The summed E-state index contributed by atoms with van der Waals surface area (Å²) in [4.78, 5) is 0. The van der Waals surface area contributed by atoms with Crippen LogP contribution in [0, 0.1) is 0 Å². The summed E-state index contributed by atoms with van der Waals surface area (Å²) in [5.41, 5.74) is 9.68. The lowest BCUT2D eigenvalue weighted by atomic mass is 9.92. The van der Waals surface area contributed by atoms with Crippen molar-refractivity contribution in [2.45, 2.75) is 116 Å². The third-order valence-corrected chi connectivity index (χ3v) is 7.27. The molecule has 2 aromatic rings. The van der Waals surface area contributed by atoms with Crippen molar-refractivity contribution >= 4 is 0 Å². The summed E-state index contributed by atoms with van der Waals surface area (Å²) in [6.45, 7) is 0. The highest BCUT2D eigenvalue weighted by Crippen LogP contribution is 2.22. The van der Waals surface area contributed by atoms with Gasteiger partial charge in [0, 0.05) is 0 Å². The van der Waals surface area contributed by atoms with Gasteiger partial charge >= 0.3 is 0 Å². The fraction of sp³-hybridized carbons (Fsp3) is 0.600.